The molecule has 0 aromatic carbocycles. The summed E-state index contributed by atoms with van der Waals surface area (Å²) in [4.78, 5) is 30.8. The van der Waals surface area contributed by atoms with E-state index in [1.165, 1.54) is 18.6 Å². The van der Waals surface area contributed by atoms with Crippen LogP contribution in [-0.2, 0) is 0 Å². The van der Waals surface area contributed by atoms with Gasteiger partial charge in [0.25, 0.3) is 5.56 Å². The van der Waals surface area contributed by atoms with Crippen LogP contribution in [0.1, 0.15) is 0 Å². The second kappa shape index (κ2) is 6.71. The molecule has 9 nitrogen and oxygen atoms in total. The number of halogens is 2. The number of H-pyrrole nitrogens is 2. The molecule has 1 saturated heterocycles. The molecule has 1 aliphatic heterocycles. The van der Waals surface area contributed by atoms with Crippen LogP contribution in [0, 0.1) is 5.95 Å². The fraction of sp³-hybridized carbons (Fsp3) is 0.267. The van der Waals surface area contributed by atoms with E-state index in [-0.39, 0.29) is 10.8 Å². The van der Waals surface area contributed by atoms with Crippen LogP contribution in [-0.4, -0.2) is 56.3 Å². The van der Waals surface area contributed by atoms with Crippen molar-refractivity contribution < 1.29 is 4.39 Å². The van der Waals surface area contributed by atoms with Crippen LogP contribution in [0.4, 0.5) is 16.2 Å². The maximum absolute atomic E-state index is 13.4. The predicted octanol–water partition coefficient (Wildman–Crippen LogP) is 1.07. The summed E-state index contributed by atoms with van der Waals surface area (Å²) >= 11 is 6.18. The quantitative estimate of drug-likeness (QED) is 0.658. The molecule has 134 valence electrons. The Bertz CT molecular complexity index is 968. The summed E-state index contributed by atoms with van der Waals surface area (Å²) in [5.74, 6) is 0.591. The molecule has 3 aromatic rings. The van der Waals surface area contributed by atoms with Crippen LogP contribution in [0.15, 0.2) is 29.5 Å². The number of aromatic amines is 2. The Hall–Kier alpha value is -3.01. The maximum atomic E-state index is 13.4. The molecular weight excluding hydrogens is 363 g/mol. The molecule has 4 rings (SSSR count). The molecular formula is C15H14ClFN8O. The van der Waals surface area contributed by atoms with Crippen molar-refractivity contribution >= 4 is 23.4 Å². The van der Waals surface area contributed by atoms with Crippen molar-refractivity contribution in [2.75, 3.05) is 36.0 Å². The fourth-order valence-corrected chi connectivity index (χ4v) is 3.02. The van der Waals surface area contributed by atoms with Gasteiger partial charge in [0.2, 0.25) is 11.9 Å². The Kier molecular flexibility index (Phi) is 4.25. The highest BCUT2D eigenvalue weighted by atomic mass is 35.5. The molecule has 3 aromatic heterocycles. The minimum Gasteiger partial charge on any atom is -0.352 e. The summed E-state index contributed by atoms with van der Waals surface area (Å²) in [5.41, 5.74) is -0.0489. The molecule has 0 aliphatic carbocycles. The van der Waals surface area contributed by atoms with Crippen LogP contribution in [0.3, 0.4) is 0 Å². The molecule has 1 fully saturated rings. The third-order valence-corrected chi connectivity index (χ3v) is 4.45. The predicted molar refractivity (Wildman–Crippen MR) is 93.9 cm³/mol. The van der Waals surface area contributed by atoms with Crippen LogP contribution in [0.5, 0.6) is 0 Å². The van der Waals surface area contributed by atoms with Crippen LogP contribution >= 0.6 is 11.6 Å². The SMILES string of the molecule is O=c1[nH]c(-c2ccnc(F)c2)nc(N2CCN(c3nc[nH]n3)CC2)c1Cl. The minimum atomic E-state index is -0.651. The van der Waals surface area contributed by atoms with E-state index < -0.39 is 11.5 Å². The minimum absolute atomic E-state index is 0.00891. The molecule has 0 unspecified atom stereocenters. The molecule has 0 radical (unpaired) electrons. The molecule has 2 N–H and O–H groups in total. The highest BCUT2D eigenvalue weighted by Crippen LogP contribution is 2.24. The summed E-state index contributed by atoms with van der Waals surface area (Å²) < 4.78 is 13.4. The van der Waals surface area contributed by atoms with E-state index in [2.05, 4.69) is 30.1 Å². The standard InChI is InChI=1S/C15H14ClFN8O/c16-11-13(24-3-5-25(6-4-24)15-19-8-20-23-15)21-12(22-14(11)26)9-1-2-18-10(17)7-9/h1-2,7-8H,3-6H2,(H,19,20,23)(H,21,22,26). The van der Waals surface area contributed by atoms with Gasteiger partial charge in [-0.3, -0.25) is 9.89 Å². The summed E-state index contributed by atoms with van der Waals surface area (Å²) in [5, 5.41) is 6.76. The first-order valence-electron chi connectivity index (χ1n) is 7.89. The Labute approximate surface area is 151 Å². The van der Waals surface area contributed by atoms with E-state index in [4.69, 9.17) is 11.6 Å². The number of nitrogens with one attached hydrogen (secondary N) is 2. The molecule has 1 aliphatic rings. The van der Waals surface area contributed by atoms with Gasteiger partial charge in [0.05, 0.1) is 0 Å². The summed E-state index contributed by atoms with van der Waals surface area (Å²) in [6.45, 7) is 2.49. The lowest BCUT2D eigenvalue weighted by Crippen LogP contribution is -2.47. The Morgan fingerprint density at radius 3 is 2.62 bits per heavy atom. The molecule has 26 heavy (non-hydrogen) atoms. The smallest absolute Gasteiger partial charge is 0.272 e. The van der Waals surface area contributed by atoms with Gasteiger partial charge in [-0.05, 0) is 6.07 Å². The van der Waals surface area contributed by atoms with Crippen LogP contribution in [0.2, 0.25) is 5.02 Å². The largest absolute Gasteiger partial charge is 0.352 e. The van der Waals surface area contributed by atoms with Gasteiger partial charge in [0.15, 0.2) is 5.82 Å². The topological polar surface area (TPSA) is 107 Å². The third kappa shape index (κ3) is 3.10. The van der Waals surface area contributed by atoms with E-state index in [0.717, 1.165) is 0 Å². The number of piperazine rings is 1. The lowest BCUT2D eigenvalue weighted by molar-refractivity contribution is 0.584. The molecule has 11 heteroatoms. The summed E-state index contributed by atoms with van der Waals surface area (Å²) in [6, 6.07) is 2.78. The van der Waals surface area contributed by atoms with Gasteiger partial charge in [-0.15, -0.1) is 5.10 Å². The lowest BCUT2D eigenvalue weighted by atomic mass is 10.2. The van der Waals surface area contributed by atoms with Crippen molar-refractivity contribution in [2.24, 2.45) is 0 Å². The lowest BCUT2D eigenvalue weighted by Gasteiger charge is -2.35. The number of anilines is 2. The van der Waals surface area contributed by atoms with E-state index >= 15 is 0 Å². The monoisotopic (exact) mass is 376 g/mol. The molecule has 0 amide bonds. The zero-order chi connectivity index (χ0) is 18.1. The zero-order valence-corrected chi connectivity index (χ0v) is 14.2. The van der Waals surface area contributed by atoms with E-state index in [1.807, 2.05) is 9.80 Å². The highest BCUT2D eigenvalue weighted by Gasteiger charge is 2.23. The van der Waals surface area contributed by atoms with Gasteiger partial charge in [0, 0.05) is 44.0 Å². The number of aromatic nitrogens is 6. The number of rotatable bonds is 3. The van der Waals surface area contributed by atoms with Gasteiger partial charge < -0.3 is 14.8 Å². The maximum Gasteiger partial charge on any atom is 0.272 e. The molecule has 0 atom stereocenters. The average Bonchev–Trinajstić information content (AvgIpc) is 3.19. The molecule has 4 heterocycles. The third-order valence-electron chi connectivity index (χ3n) is 4.11. The van der Waals surface area contributed by atoms with Gasteiger partial charge in [-0.2, -0.15) is 4.39 Å². The molecule has 0 spiro atoms. The summed E-state index contributed by atoms with van der Waals surface area (Å²) in [6.07, 6.45) is 2.84. The Morgan fingerprint density at radius 1 is 1.15 bits per heavy atom. The van der Waals surface area contributed by atoms with E-state index in [1.54, 1.807) is 6.07 Å². The van der Waals surface area contributed by atoms with Crippen molar-refractivity contribution in [3.8, 4) is 11.4 Å². The van der Waals surface area contributed by atoms with Crippen molar-refractivity contribution in [2.45, 2.75) is 0 Å². The van der Waals surface area contributed by atoms with Crippen LogP contribution < -0.4 is 15.4 Å². The van der Waals surface area contributed by atoms with Gasteiger partial charge in [-0.1, -0.05) is 11.6 Å². The highest BCUT2D eigenvalue weighted by molar-refractivity contribution is 6.32. The van der Waals surface area contributed by atoms with Crippen molar-refractivity contribution in [3.05, 3.63) is 46.0 Å². The van der Waals surface area contributed by atoms with Gasteiger partial charge >= 0.3 is 0 Å². The number of hydrogen-bond acceptors (Lipinski definition) is 7. The second-order valence-electron chi connectivity index (χ2n) is 5.69. The summed E-state index contributed by atoms with van der Waals surface area (Å²) in [7, 11) is 0. The van der Waals surface area contributed by atoms with Crippen molar-refractivity contribution in [3.63, 3.8) is 0 Å². The molecule has 0 saturated carbocycles. The second-order valence-corrected chi connectivity index (χ2v) is 6.07. The van der Waals surface area contributed by atoms with Gasteiger partial charge in [0.1, 0.15) is 17.2 Å². The Morgan fingerprint density at radius 2 is 1.92 bits per heavy atom. The van der Waals surface area contributed by atoms with E-state index in [9.17, 15) is 9.18 Å². The van der Waals surface area contributed by atoms with Gasteiger partial charge in [-0.25, -0.2) is 15.0 Å². The molecule has 0 bridgehead atoms. The number of pyridine rings is 1. The Balaban J connectivity index is 1.61. The fourth-order valence-electron chi connectivity index (χ4n) is 2.82. The first-order chi connectivity index (χ1) is 12.6. The van der Waals surface area contributed by atoms with Crippen LogP contribution in [0.25, 0.3) is 11.4 Å². The first kappa shape index (κ1) is 16.5. The van der Waals surface area contributed by atoms with Crippen molar-refractivity contribution in [1.29, 1.82) is 0 Å². The average molecular weight is 377 g/mol. The van der Waals surface area contributed by atoms with Crippen molar-refractivity contribution in [1.82, 2.24) is 30.1 Å². The normalized spacial score (nSPS) is 14.7. The first-order valence-corrected chi connectivity index (χ1v) is 8.27. The number of nitrogens with zero attached hydrogens (tertiary/aromatic N) is 6. The zero-order valence-electron chi connectivity index (χ0n) is 13.5. The number of hydrogen-bond donors (Lipinski definition) is 2. The van der Waals surface area contributed by atoms with E-state index in [0.29, 0.717) is 43.5 Å².